The van der Waals surface area contributed by atoms with Crippen LogP contribution in [0.3, 0.4) is 0 Å². The van der Waals surface area contributed by atoms with Crippen molar-refractivity contribution >= 4 is 23.5 Å². The molecule has 0 radical (unpaired) electrons. The zero-order valence-electron chi connectivity index (χ0n) is 12.0. The summed E-state index contributed by atoms with van der Waals surface area (Å²) in [6.45, 7) is 3.44. The van der Waals surface area contributed by atoms with E-state index in [2.05, 4.69) is 10.6 Å². The minimum absolute atomic E-state index is 0.161. The normalized spacial score (nSPS) is 17.4. The number of amides is 4. The van der Waals surface area contributed by atoms with Crippen LogP contribution < -0.4 is 16.4 Å². The van der Waals surface area contributed by atoms with Crippen molar-refractivity contribution in [2.45, 2.75) is 25.9 Å². The van der Waals surface area contributed by atoms with Gasteiger partial charge in [-0.05, 0) is 31.5 Å². The number of carbonyl (C=O) groups is 3. The monoisotopic (exact) mass is 290 g/mol. The molecule has 0 saturated carbocycles. The van der Waals surface area contributed by atoms with Gasteiger partial charge in [0, 0.05) is 12.2 Å². The first kappa shape index (κ1) is 15.0. The van der Waals surface area contributed by atoms with Gasteiger partial charge in [-0.2, -0.15) is 0 Å². The molecule has 21 heavy (non-hydrogen) atoms. The lowest BCUT2D eigenvalue weighted by molar-refractivity contribution is -0.142. The molecule has 2 rings (SSSR count). The quantitative estimate of drug-likeness (QED) is 0.686. The second-order valence-electron chi connectivity index (χ2n) is 5.35. The molecule has 0 aromatic heterocycles. The minimum atomic E-state index is -1.09. The third kappa shape index (κ3) is 3.03. The van der Waals surface area contributed by atoms with Crippen LogP contribution in [0.5, 0.6) is 0 Å². The Bertz CT molecular complexity index is 580. The smallest absolute Gasteiger partial charge is 0.323 e. The zero-order valence-corrected chi connectivity index (χ0v) is 12.0. The number of anilines is 1. The Balaban J connectivity index is 2.14. The predicted molar refractivity (Wildman–Crippen MR) is 77.3 cm³/mol. The molecule has 1 aromatic carbocycles. The summed E-state index contributed by atoms with van der Waals surface area (Å²) in [6, 6.07) is 6.55. The van der Waals surface area contributed by atoms with E-state index in [0.29, 0.717) is 12.2 Å². The van der Waals surface area contributed by atoms with Gasteiger partial charge in [0.25, 0.3) is 5.91 Å². The summed E-state index contributed by atoms with van der Waals surface area (Å²) in [5.74, 6) is -0.986. The molecule has 1 fully saturated rings. The maximum Gasteiger partial charge on any atom is 0.323 e. The van der Waals surface area contributed by atoms with Crippen molar-refractivity contribution < 1.29 is 14.4 Å². The highest BCUT2D eigenvalue weighted by molar-refractivity contribution is 6.07. The predicted octanol–water partition coefficient (Wildman–Crippen LogP) is 0.414. The van der Waals surface area contributed by atoms with Crippen LogP contribution in [0.15, 0.2) is 24.3 Å². The SMILES string of the molecule is CC1(C)C(=O)NC(=O)CN1C(=O)Nc1ccc(CN)cc1. The van der Waals surface area contributed by atoms with Gasteiger partial charge in [0.15, 0.2) is 0 Å². The van der Waals surface area contributed by atoms with Gasteiger partial charge in [-0.25, -0.2) is 4.79 Å². The van der Waals surface area contributed by atoms with E-state index in [1.54, 1.807) is 38.1 Å². The molecule has 1 heterocycles. The molecule has 0 bridgehead atoms. The van der Waals surface area contributed by atoms with E-state index in [0.717, 1.165) is 5.56 Å². The first-order chi connectivity index (χ1) is 9.84. The highest BCUT2D eigenvalue weighted by atomic mass is 16.2. The third-order valence-corrected chi connectivity index (χ3v) is 3.47. The number of nitrogens with two attached hydrogens (primary N) is 1. The lowest BCUT2D eigenvalue weighted by Crippen LogP contribution is -2.66. The summed E-state index contributed by atoms with van der Waals surface area (Å²) >= 11 is 0. The maximum atomic E-state index is 12.3. The molecule has 1 saturated heterocycles. The van der Waals surface area contributed by atoms with Crippen LogP contribution >= 0.6 is 0 Å². The van der Waals surface area contributed by atoms with Crippen molar-refractivity contribution in [3.8, 4) is 0 Å². The van der Waals surface area contributed by atoms with Crippen molar-refractivity contribution in [1.82, 2.24) is 10.2 Å². The fourth-order valence-corrected chi connectivity index (χ4v) is 2.02. The standard InChI is InChI=1S/C14H18N4O3/c1-14(2)12(20)17-11(19)8-18(14)13(21)16-10-5-3-9(7-15)4-6-10/h3-6H,7-8,15H2,1-2H3,(H,16,21)(H,17,19,20). The topological polar surface area (TPSA) is 105 Å². The summed E-state index contributed by atoms with van der Waals surface area (Å²) in [7, 11) is 0. The first-order valence-electron chi connectivity index (χ1n) is 6.56. The van der Waals surface area contributed by atoms with Crippen molar-refractivity contribution in [1.29, 1.82) is 0 Å². The van der Waals surface area contributed by atoms with Crippen molar-refractivity contribution in [2.75, 3.05) is 11.9 Å². The minimum Gasteiger partial charge on any atom is -0.326 e. The Kier molecular flexibility index (Phi) is 3.95. The molecular formula is C14H18N4O3. The van der Waals surface area contributed by atoms with Crippen LogP contribution in [-0.4, -0.2) is 34.8 Å². The van der Waals surface area contributed by atoms with Crippen LogP contribution in [0.25, 0.3) is 0 Å². The summed E-state index contributed by atoms with van der Waals surface area (Å²) in [6.07, 6.45) is 0. The van der Waals surface area contributed by atoms with E-state index in [1.807, 2.05) is 0 Å². The molecular weight excluding hydrogens is 272 g/mol. The molecule has 7 nitrogen and oxygen atoms in total. The summed E-state index contributed by atoms with van der Waals surface area (Å²) < 4.78 is 0. The van der Waals surface area contributed by atoms with Gasteiger partial charge in [0.1, 0.15) is 12.1 Å². The highest BCUT2D eigenvalue weighted by Crippen LogP contribution is 2.20. The van der Waals surface area contributed by atoms with Crippen molar-refractivity contribution in [3.05, 3.63) is 29.8 Å². The molecule has 4 N–H and O–H groups in total. The molecule has 0 unspecified atom stereocenters. The average Bonchev–Trinajstić information content (AvgIpc) is 2.44. The zero-order chi connectivity index (χ0) is 15.6. The Morgan fingerprint density at radius 3 is 2.52 bits per heavy atom. The second kappa shape index (κ2) is 5.53. The first-order valence-corrected chi connectivity index (χ1v) is 6.56. The number of nitrogens with zero attached hydrogens (tertiary/aromatic N) is 1. The molecule has 1 aliphatic rings. The largest absolute Gasteiger partial charge is 0.326 e. The van der Waals surface area contributed by atoms with E-state index < -0.39 is 23.4 Å². The van der Waals surface area contributed by atoms with Crippen LogP contribution in [0.1, 0.15) is 19.4 Å². The molecule has 1 aromatic rings. The van der Waals surface area contributed by atoms with E-state index in [4.69, 9.17) is 5.73 Å². The number of imide groups is 1. The fraction of sp³-hybridized carbons (Fsp3) is 0.357. The average molecular weight is 290 g/mol. The van der Waals surface area contributed by atoms with Crippen LogP contribution in [-0.2, 0) is 16.1 Å². The molecule has 0 atom stereocenters. The summed E-state index contributed by atoms with van der Waals surface area (Å²) in [4.78, 5) is 36.8. The van der Waals surface area contributed by atoms with E-state index in [9.17, 15) is 14.4 Å². The number of urea groups is 1. The van der Waals surface area contributed by atoms with Gasteiger partial charge in [-0.15, -0.1) is 0 Å². The molecule has 7 heteroatoms. The Morgan fingerprint density at radius 2 is 1.95 bits per heavy atom. The van der Waals surface area contributed by atoms with Crippen LogP contribution in [0.4, 0.5) is 10.5 Å². The molecule has 0 spiro atoms. The lowest BCUT2D eigenvalue weighted by atomic mass is 9.99. The number of benzene rings is 1. The number of hydrogen-bond donors (Lipinski definition) is 3. The van der Waals surface area contributed by atoms with Crippen LogP contribution in [0.2, 0.25) is 0 Å². The van der Waals surface area contributed by atoms with E-state index in [1.165, 1.54) is 4.90 Å². The summed E-state index contributed by atoms with van der Waals surface area (Å²) in [5.41, 5.74) is 5.94. The number of nitrogens with one attached hydrogen (secondary N) is 2. The molecule has 1 aliphatic heterocycles. The molecule has 112 valence electrons. The van der Waals surface area contributed by atoms with Crippen molar-refractivity contribution in [3.63, 3.8) is 0 Å². The number of piperazine rings is 1. The second-order valence-corrected chi connectivity index (χ2v) is 5.35. The Labute approximate surface area is 122 Å². The summed E-state index contributed by atoms with van der Waals surface area (Å²) in [5, 5.41) is 4.89. The Morgan fingerprint density at radius 1 is 1.33 bits per heavy atom. The maximum absolute atomic E-state index is 12.3. The van der Waals surface area contributed by atoms with Crippen molar-refractivity contribution in [2.24, 2.45) is 5.73 Å². The lowest BCUT2D eigenvalue weighted by Gasteiger charge is -2.39. The van der Waals surface area contributed by atoms with Gasteiger partial charge in [-0.3, -0.25) is 14.9 Å². The van der Waals surface area contributed by atoms with Gasteiger partial charge in [0.05, 0.1) is 0 Å². The van der Waals surface area contributed by atoms with Gasteiger partial charge < -0.3 is 16.0 Å². The molecule has 4 amide bonds. The highest BCUT2D eigenvalue weighted by Gasteiger charge is 2.43. The van der Waals surface area contributed by atoms with Crippen LogP contribution in [0, 0.1) is 0 Å². The fourth-order valence-electron chi connectivity index (χ4n) is 2.02. The number of rotatable bonds is 2. The molecule has 0 aliphatic carbocycles. The van der Waals surface area contributed by atoms with Gasteiger partial charge in [0.2, 0.25) is 5.91 Å². The number of carbonyl (C=O) groups excluding carboxylic acids is 3. The van der Waals surface area contributed by atoms with E-state index in [-0.39, 0.29) is 6.54 Å². The number of hydrogen-bond acceptors (Lipinski definition) is 4. The van der Waals surface area contributed by atoms with Gasteiger partial charge in [-0.1, -0.05) is 12.1 Å². The Hall–Kier alpha value is -2.41. The third-order valence-electron chi connectivity index (χ3n) is 3.47. The van der Waals surface area contributed by atoms with Gasteiger partial charge >= 0.3 is 6.03 Å². The van der Waals surface area contributed by atoms with E-state index >= 15 is 0 Å².